The number of benzene rings is 1. The van der Waals surface area contributed by atoms with Crippen LogP contribution in [-0.2, 0) is 7.05 Å². The highest BCUT2D eigenvalue weighted by atomic mass is 16.5. The van der Waals surface area contributed by atoms with E-state index in [-0.39, 0.29) is 17.8 Å². The van der Waals surface area contributed by atoms with E-state index in [0.29, 0.717) is 28.7 Å². The third kappa shape index (κ3) is 4.24. The second-order valence-corrected chi connectivity index (χ2v) is 8.88. The number of fused-ring (bicyclic) bond motifs is 1. The predicted octanol–water partition coefficient (Wildman–Crippen LogP) is 4.33. The fraction of sp³-hybridized carbons (Fsp3) is 0.462. The average molecular weight is 461 g/mol. The molecule has 0 saturated carbocycles. The summed E-state index contributed by atoms with van der Waals surface area (Å²) in [6.45, 7) is 15.6. The van der Waals surface area contributed by atoms with Crippen LogP contribution in [0.2, 0.25) is 0 Å². The molecule has 8 nitrogen and oxygen atoms in total. The molecule has 0 spiro atoms. The minimum Gasteiger partial charge on any atom is -0.497 e. The van der Waals surface area contributed by atoms with Crippen LogP contribution in [0.15, 0.2) is 41.2 Å². The van der Waals surface area contributed by atoms with E-state index in [1.54, 1.807) is 26.3 Å². The number of rotatable bonds is 6. The first kappa shape index (κ1) is 23.7. The molecule has 1 unspecified atom stereocenters. The number of hydrogen-bond acceptors (Lipinski definition) is 6. The van der Waals surface area contributed by atoms with Crippen molar-refractivity contribution in [1.29, 1.82) is 0 Å². The van der Waals surface area contributed by atoms with Crippen LogP contribution in [0, 0.1) is 6.57 Å². The summed E-state index contributed by atoms with van der Waals surface area (Å²) in [6, 6.07) is 12.5. The van der Waals surface area contributed by atoms with Crippen molar-refractivity contribution in [3.8, 4) is 5.75 Å². The molecule has 0 N–H and O–H groups in total. The Labute approximate surface area is 200 Å². The number of piperazine rings is 1. The molecule has 1 saturated heterocycles. The van der Waals surface area contributed by atoms with Gasteiger partial charge in [-0.3, -0.25) is 9.47 Å². The second-order valence-electron chi connectivity index (χ2n) is 8.88. The fourth-order valence-electron chi connectivity index (χ4n) is 5.05. The summed E-state index contributed by atoms with van der Waals surface area (Å²) in [7, 11) is 3.38. The van der Waals surface area contributed by atoms with Gasteiger partial charge in [0, 0.05) is 38.3 Å². The van der Waals surface area contributed by atoms with Gasteiger partial charge in [-0.05, 0) is 49.6 Å². The number of nitrogens with zero attached hydrogens (tertiary/aromatic N) is 6. The maximum absolute atomic E-state index is 12.7. The number of methoxy groups -OCH3 is 1. The van der Waals surface area contributed by atoms with Crippen LogP contribution < -0.4 is 15.3 Å². The minimum atomic E-state index is -0.313. The summed E-state index contributed by atoms with van der Waals surface area (Å²) >= 11 is 0. The maximum atomic E-state index is 12.7. The molecule has 1 fully saturated rings. The van der Waals surface area contributed by atoms with Crippen LogP contribution >= 0.6 is 0 Å². The molecule has 3 heterocycles. The van der Waals surface area contributed by atoms with Gasteiger partial charge in [-0.15, -0.1) is 4.98 Å². The van der Waals surface area contributed by atoms with Gasteiger partial charge in [-0.2, -0.15) is 4.98 Å². The number of aromatic nitrogens is 3. The fourth-order valence-corrected chi connectivity index (χ4v) is 5.05. The number of pyridine rings is 1. The molecule has 178 valence electrons. The number of hydrogen-bond donors (Lipinski definition) is 0. The lowest BCUT2D eigenvalue weighted by molar-refractivity contribution is 0.0939. The molecule has 0 amide bonds. The predicted molar refractivity (Wildman–Crippen MR) is 135 cm³/mol. The van der Waals surface area contributed by atoms with Crippen molar-refractivity contribution in [2.45, 2.75) is 51.7 Å². The molecule has 0 aliphatic carbocycles. The zero-order valence-electron chi connectivity index (χ0n) is 20.5. The summed E-state index contributed by atoms with van der Waals surface area (Å²) in [6.07, 6.45) is 1.97. The summed E-state index contributed by atoms with van der Waals surface area (Å²) in [4.78, 5) is 29.9. The summed E-state index contributed by atoms with van der Waals surface area (Å²) < 4.78 is 6.84. The highest BCUT2D eigenvalue weighted by Gasteiger charge is 2.37. The van der Waals surface area contributed by atoms with E-state index in [9.17, 15) is 4.79 Å². The second kappa shape index (κ2) is 9.82. The number of ether oxygens (including phenoxy) is 1. The van der Waals surface area contributed by atoms with Gasteiger partial charge in [0.25, 0.3) is 5.82 Å². The van der Waals surface area contributed by atoms with Crippen molar-refractivity contribution < 1.29 is 4.74 Å². The van der Waals surface area contributed by atoms with E-state index in [4.69, 9.17) is 11.3 Å². The van der Waals surface area contributed by atoms with Crippen molar-refractivity contribution in [2.75, 3.05) is 25.1 Å². The Morgan fingerprint density at radius 1 is 1.15 bits per heavy atom. The lowest BCUT2D eigenvalue weighted by Crippen LogP contribution is -2.58. The number of aryl methyl sites for hydroxylation is 1. The Morgan fingerprint density at radius 2 is 1.88 bits per heavy atom. The van der Waals surface area contributed by atoms with E-state index < -0.39 is 0 Å². The van der Waals surface area contributed by atoms with Gasteiger partial charge in [0.2, 0.25) is 5.52 Å². The van der Waals surface area contributed by atoms with Crippen molar-refractivity contribution in [1.82, 2.24) is 19.4 Å². The van der Waals surface area contributed by atoms with Crippen LogP contribution in [-0.4, -0.2) is 51.7 Å². The molecule has 3 atom stereocenters. The summed E-state index contributed by atoms with van der Waals surface area (Å²) in [5.74, 6) is 1.74. The normalized spacial score (nSPS) is 19.7. The van der Waals surface area contributed by atoms with E-state index in [0.717, 1.165) is 31.7 Å². The van der Waals surface area contributed by atoms with Gasteiger partial charge in [0.1, 0.15) is 5.75 Å². The first-order valence-electron chi connectivity index (χ1n) is 11.8. The van der Waals surface area contributed by atoms with Gasteiger partial charge >= 0.3 is 5.69 Å². The third-order valence-corrected chi connectivity index (χ3v) is 6.95. The Bertz CT molecular complexity index is 1260. The van der Waals surface area contributed by atoms with Crippen LogP contribution in [0.5, 0.6) is 5.75 Å². The standard InChI is InChI=1S/C26H32N6O2/c1-7-19-16-31(25-24-22(30(5)26(33)29-25)13-14-23(27-4)28-24)17(3)15-32(19)21(8-2)18-9-11-20(34-6)12-10-18/h9-14,17,19,21H,7-8,15-16H2,1-3,5-6H3/t17-,19+,21?/m0/s1. The Kier molecular flexibility index (Phi) is 6.85. The van der Waals surface area contributed by atoms with Crippen molar-refractivity contribution >= 4 is 22.7 Å². The lowest BCUT2D eigenvalue weighted by atomic mass is 9.96. The Balaban J connectivity index is 1.71. The maximum Gasteiger partial charge on any atom is 0.350 e. The summed E-state index contributed by atoms with van der Waals surface area (Å²) in [5, 5.41) is 0. The van der Waals surface area contributed by atoms with Gasteiger partial charge in [-0.1, -0.05) is 32.6 Å². The van der Waals surface area contributed by atoms with Gasteiger partial charge in [-0.25, -0.2) is 4.79 Å². The molecule has 0 radical (unpaired) electrons. The molecular weight excluding hydrogens is 428 g/mol. The van der Waals surface area contributed by atoms with Crippen molar-refractivity contribution in [2.24, 2.45) is 7.05 Å². The zero-order chi connectivity index (χ0) is 24.4. The molecule has 1 aromatic carbocycles. The van der Waals surface area contributed by atoms with Gasteiger partial charge in [0.05, 0.1) is 12.6 Å². The largest absolute Gasteiger partial charge is 0.497 e. The highest BCUT2D eigenvalue weighted by molar-refractivity contribution is 5.87. The molecule has 1 aliphatic rings. The molecular formula is C26H32N6O2. The minimum absolute atomic E-state index is 0.122. The van der Waals surface area contributed by atoms with Crippen molar-refractivity contribution in [3.05, 3.63) is 63.9 Å². The Morgan fingerprint density at radius 3 is 2.50 bits per heavy atom. The lowest BCUT2D eigenvalue weighted by Gasteiger charge is -2.48. The van der Waals surface area contributed by atoms with Gasteiger partial charge in [0.15, 0.2) is 5.82 Å². The quantitative estimate of drug-likeness (QED) is 0.510. The zero-order valence-corrected chi connectivity index (χ0v) is 20.5. The van der Waals surface area contributed by atoms with Crippen LogP contribution in [0.1, 0.15) is 45.2 Å². The van der Waals surface area contributed by atoms with E-state index in [1.807, 2.05) is 12.1 Å². The Hall–Kier alpha value is -3.44. The smallest absolute Gasteiger partial charge is 0.350 e. The van der Waals surface area contributed by atoms with E-state index in [2.05, 4.69) is 57.5 Å². The SMILES string of the molecule is [C-]#[N+]c1ccc2c(n1)c(N1C[C@@H](CC)N(C(CC)c3ccc(OC)cc3)C[C@@H]1C)nc(=O)n2C. The molecule has 8 heteroatoms. The van der Waals surface area contributed by atoms with E-state index >= 15 is 0 Å². The van der Waals surface area contributed by atoms with Crippen LogP contribution in [0.4, 0.5) is 11.6 Å². The molecule has 4 rings (SSSR count). The van der Waals surface area contributed by atoms with Crippen LogP contribution in [0.3, 0.4) is 0 Å². The molecule has 2 aromatic heterocycles. The monoisotopic (exact) mass is 460 g/mol. The number of anilines is 1. The molecule has 0 bridgehead atoms. The first-order chi connectivity index (χ1) is 16.4. The molecule has 34 heavy (non-hydrogen) atoms. The highest BCUT2D eigenvalue weighted by Crippen LogP contribution is 2.34. The topological polar surface area (TPSA) is 67.9 Å². The molecule has 3 aromatic rings. The van der Waals surface area contributed by atoms with Crippen molar-refractivity contribution in [3.63, 3.8) is 0 Å². The van der Waals surface area contributed by atoms with Crippen LogP contribution in [0.25, 0.3) is 15.9 Å². The third-order valence-electron chi connectivity index (χ3n) is 6.95. The molecule has 1 aliphatic heterocycles. The van der Waals surface area contributed by atoms with E-state index in [1.165, 1.54) is 10.1 Å². The summed E-state index contributed by atoms with van der Waals surface area (Å²) in [5.41, 5.74) is 2.26. The average Bonchev–Trinajstić information content (AvgIpc) is 2.87. The van der Waals surface area contributed by atoms with Gasteiger partial charge < -0.3 is 14.5 Å². The first-order valence-corrected chi connectivity index (χ1v) is 11.8.